The van der Waals surface area contributed by atoms with E-state index in [4.69, 9.17) is 15.2 Å². The molecule has 86 valence electrons. The molecule has 2 heterocycles. The number of aromatic nitrogens is 2. The molecule has 1 aromatic heterocycles. The monoisotopic (exact) mass is 221 g/mol. The number of ether oxygens (including phenoxy) is 2. The van der Waals surface area contributed by atoms with Gasteiger partial charge in [-0.3, -0.25) is 0 Å². The van der Waals surface area contributed by atoms with Crippen LogP contribution in [0, 0.1) is 0 Å². The fourth-order valence-corrected chi connectivity index (χ4v) is 1.82. The van der Waals surface area contributed by atoms with Gasteiger partial charge in [0.05, 0.1) is 13.2 Å². The van der Waals surface area contributed by atoms with Gasteiger partial charge < -0.3 is 15.2 Å². The molecule has 2 fully saturated rings. The summed E-state index contributed by atoms with van der Waals surface area (Å²) in [6, 6.07) is 1.68. The quantitative estimate of drug-likeness (QED) is 0.827. The van der Waals surface area contributed by atoms with E-state index >= 15 is 0 Å². The van der Waals surface area contributed by atoms with Crippen molar-refractivity contribution in [2.75, 3.05) is 18.9 Å². The van der Waals surface area contributed by atoms with Gasteiger partial charge in [-0.2, -0.15) is 4.98 Å². The molecule has 1 unspecified atom stereocenters. The molecule has 0 amide bonds. The Labute approximate surface area is 94.0 Å². The second-order valence-electron chi connectivity index (χ2n) is 4.37. The number of nitrogens with zero attached hydrogens (tertiary/aromatic N) is 2. The second-order valence-corrected chi connectivity index (χ2v) is 4.37. The van der Waals surface area contributed by atoms with Gasteiger partial charge in [-0.15, -0.1) is 0 Å². The highest BCUT2D eigenvalue weighted by atomic mass is 16.5. The summed E-state index contributed by atoms with van der Waals surface area (Å²) >= 11 is 0. The lowest BCUT2D eigenvalue weighted by Gasteiger charge is -2.11. The van der Waals surface area contributed by atoms with Crippen LogP contribution < -0.4 is 10.5 Å². The first kappa shape index (κ1) is 9.84. The molecule has 1 saturated carbocycles. The van der Waals surface area contributed by atoms with Crippen molar-refractivity contribution >= 4 is 5.82 Å². The molecule has 5 heteroatoms. The average molecular weight is 221 g/mol. The Bertz CT molecular complexity index is 387. The lowest BCUT2D eigenvalue weighted by Crippen LogP contribution is -2.17. The van der Waals surface area contributed by atoms with E-state index in [1.54, 1.807) is 6.07 Å². The number of anilines is 1. The summed E-state index contributed by atoms with van der Waals surface area (Å²) in [6.45, 7) is 1.41. The minimum absolute atomic E-state index is 0.112. The Morgan fingerprint density at radius 2 is 2.19 bits per heavy atom. The molecule has 0 aromatic carbocycles. The van der Waals surface area contributed by atoms with Gasteiger partial charge >= 0.3 is 0 Å². The molecule has 16 heavy (non-hydrogen) atoms. The van der Waals surface area contributed by atoms with E-state index < -0.39 is 0 Å². The van der Waals surface area contributed by atoms with Crippen molar-refractivity contribution in [2.45, 2.75) is 31.3 Å². The summed E-state index contributed by atoms with van der Waals surface area (Å²) in [5, 5.41) is 0. The smallest absolute Gasteiger partial charge is 0.219 e. The van der Waals surface area contributed by atoms with E-state index in [9.17, 15) is 0 Å². The molecule has 0 radical (unpaired) electrons. The third-order valence-electron chi connectivity index (χ3n) is 2.86. The lowest BCUT2D eigenvalue weighted by molar-refractivity contribution is 0.138. The van der Waals surface area contributed by atoms with E-state index in [-0.39, 0.29) is 6.10 Å². The molecule has 1 saturated heterocycles. The van der Waals surface area contributed by atoms with Crippen molar-refractivity contribution in [3.63, 3.8) is 0 Å². The second kappa shape index (κ2) is 3.90. The predicted molar refractivity (Wildman–Crippen MR) is 58.3 cm³/mol. The maximum absolute atomic E-state index is 5.74. The third-order valence-corrected chi connectivity index (χ3v) is 2.86. The van der Waals surface area contributed by atoms with Gasteiger partial charge in [0.1, 0.15) is 17.7 Å². The number of nitrogen functional groups attached to an aromatic ring is 1. The number of nitrogens with two attached hydrogens (primary N) is 1. The molecular weight excluding hydrogens is 206 g/mol. The van der Waals surface area contributed by atoms with Crippen LogP contribution in [0.3, 0.4) is 0 Å². The van der Waals surface area contributed by atoms with Crippen molar-refractivity contribution in [3.8, 4) is 5.88 Å². The van der Waals surface area contributed by atoms with Crippen LogP contribution in [0.15, 0.2) is 6.07 Å². The van der Waals surface area contributed by atoms with Gasteiger partial charge in [0.15, 0.2) is 0 Å². The van der Waals surface area contributed by atoms with E-state index in [2.05, 4.69) is 9.97 Å². The summed E-state index contributed by atoms with van der Waals surface area (Å²) in [4.78, 5) is 8.62. The van der Waals surface area contributed by atoms with Crippen LogP contribution in [0.4, 0.5) is 5.82 Å². The molecular formula is C11H15N3O2. The minimum Gasteiger partial charge on any atom is -0.472 e. The van der Waals surface area contributed by atoms with E-state index in [1.807, 2.05) is 0 Å². The zero-order valence-corrected chi connectivity index (χ0v) is 9.06. The van der Waals surface area contributed by atoms with E-state index in [0.717, 1.165) is 31.7 Å². The molecule has 1 aliphatic heterocycles. The first-order chi connectivity index (χ1) is 7.81. The summed E-state index contributed by atoms with van der Waals surface area (Å²) in [5.41, 5.74) is 5.74. The van der Waals surface area contributed by atoms with Gasteiger partial charge in [-0.05, 0) is 12.8 Å². The molecule has 1 aliphatic carbocycles. The summed E-state index contributed by atoms with van der Waals surface area (Å²) in [7, 11) is 0. The Balaban J connectivity index is 1.76. The summed E-state index contributed by atoms with van der Waals surface area (Å²) < 4.78 is 11.0. The Kier molecular flexibility index (Phi) is 2.40. The summed E-state index contributed by atoms with van der Waals surface area (Å²) in [6.07, 6.45) is 3.36. The Morgan fingerprint density at radius 1 is 1.31 bits per heavy atom. The van der Waals surface area contributed by atoms with Crippen LogP contribution in [0.5, 0.6) is 5.88 Å². The fraction of sp³-hybridized carbons (Fsp3) is 0.636. The topological polar surface area (TPSA) is 70.3 Å². The van der Waals surface area contributed by atoms with Crippen molar-refractivity contribution in [1.29, 1.82) is 0 Å². The highest BCUT2D eigenvalue weighted by Gasteiger charge is 2.28. The highest BCUT2D eigenvalue weighted by molar-refractivity contribution is 5.34. The van der Waals surface area contributed by atoms with Crippen molar-refractivity contribution in [2.24, 2.45) is 0 Å². The van der Waals surface area contributed by atoms with Crippen LogP contribution >= 0.6 is 0 Å². The van der Waals surface area contributed by atoms with Crippen LogP contribution in [-0.2, 0) is 4.74 Å². The first-order valence-electron chi connectivity index (χ1n) is 5.70. The van der Waals surface area contributed by atoms with Crippen LogP contribution in [0.25, 0.3) is 0 Å². The normalized spacial score (nSPS) is 24.6. The van der Waals surface area contributed by atoms with Crippen LogP contribution in [-0.4, -0.2) is 29.3 Å². The summed E-state index contributed by atoms with van der Waals surface area (Å²) in [5.74, 6) is 2.40. The van der Waals surface area contributed by atoms with Crippen molar-refractivity contribution in [3.05, 3.63) is 11.9 Å². The molecule has 0 spiro atoms. The maximum Gasteiger partial charge on any atom is 0.219 e. The number of hydrogen-bond donors (Lipinski definition) is 1. The molecule has 1 aromatic rings. The zero-order valence-electron chi connectivity index (χ0n) is 9.06. The molecule has 1 atom stereocenters. The Morgan fingerprint density at radius 3 is 2.88 bits per heavy atom. The third kappa shape index (κ3) is 2.09. The minimum atomic E-state index is 0.112. The van der Waals surface area contributed by atoms with E-state index in [1.165, 1.54) is 0 Å². The molecule has 2 N–H and O–H groups in total. The SMILES string of the molecule is Nc1cc(OC2CCOC2)nc(C2CC2)n1. The molecule has 2 aliphatic rings. The first-order valence-corrected chi connectivity index (χ1v) is 5.70. The van der Waals surface area contributed by atoms with Crippen molar-refractivity contribution < 1.29 is 9.47 Å². The van der Waals surface area contributed by atoms with Crippen LogP contribution in [0.2, 0.25) is 0 Å². The standard InChI is InChI=1S/C11H15N3O2/c12-9-5-10(16-8-3-4-15-6-8)14-11(13-9)7-1-2-7/h5,7-8H,1-4,6H2,(H2,12,13,14). The highest BCUT2D eigenvalue weighted by Crippen LogP contribution is 2.38. The van der Waals surface area contributed by atoms with Crippen LogP contribution in [0.1, 0.15) is 31.0 Å². The van der Waals surface area contributed by atoms with E-state index in [0.29, 0.717) is 24.2 Å². The fourth-order valence-electron chi connectivity index (χ4n) is 1.82. The van der Waals surface area contributed by atoms with Gasteiger partial charge in [0.25, 0.3) is 0 Å². The van der Waals surface area contributed by atoms with Crippen molar-refractivity contribution in [1.82, 2.24) is 9.97 Å². The Hall–Kier alpha value is -1.36. The lowest BCUT2D eigenvalue weighted by atomic mass is 10.3. The maximum atomic E-state index is 5.74. The molecule has 5 nitrogen and oxygen atoms in total. The number of rotatable bonds is 3. The van der Waals surface area contributed by atoms with Gasteiger partial charge in [-0.25, -0.2) is 4.98 Å². The predicted octanol–water partition coefficient (Wildman–Crippen LogP) is 1.10. The zero-order chi connectivity index (χ0) is 11.0. The van der Waals surface area contributed by atoms with Gasteiger partial charge in [0, 0.05) is 18.4 Å². The average Bonchev–Trinajstić information content (AvgIpc) is 2.98. The molecule has 0 bridgehead atoms. The number of hydrogen-bond acceptors (Lipinski definition) is 5. The largest absolute Gasteiger partial charge is 0.472 e. The van der Waals surface area contributed by atoms with Gasteiger partial charge in [0.2, 0.25) is 5.88 Å². The molecule has 3 rings (SSSR count). The van der Waals surface area contributed by atoms with Gasteiger partial charge in [-0.1, -0.05) is 0 Å².